The van der Waals surface area contributed by atoms with Crippen LogP contribution in [0.3, 0.4) is 0 Å². The molecule has 0 radical (unpaired) electrons. The fourth-order valence-corrected chi connectivity index (χ4v) is 3.98. The first kappa shape index (κ1) is 19.2. The van der Waals surface area contributed by atoms with Crippen molar-refractivity contribution in [2.24, 2.45) is 11.7 Å². The van der Waals surface area contributed by atoms with Crippen LogP contribution in [0.4, 0.5) is 4.79 Å². The van der Waals surface area contributed by atoms with Crippen molar-refractivity contribution >= 4 is 17.9 Å². The van der Waals surface area contributed by atoms with E-state index in [1.54, 1.807) is 9.80 Å². The fourth-order valence-electron chi connectivity index (χ4n) is 3.98. The molecule has 3 amide bonds. The Morgan fingerprint density at radius 2 is 1.81 bits per heavy atom. The third-order valence-electron chi connectivity index (χ3n) is 5.71. The van der Waals surface area contributed by atoms with Crippen molar-refractivity contribution < 1.29 is 19.1 Å². The molecule has 0 aromatic heterocycles. The van der Waals surface area contributed by atoms with Gasteiger partial charge in [0.2, 0.25) is 11.8 Å². The van der Waals surface area contributed by atoms with E-state index in [0.29, 0.717) is 38.9 Å². The second-order valence-electron chi connectivity index (χ2n) is 7.54. The molecule has 2 fully saturated rings. The smallest absolute Gasteiger partial charge is 0.410 e. The van der Waals surface area contributed by atoms with Crippen LogP contribution in [0.1, 0.15) is 38.2 Å². The number of primary amides is 1. The first-order valence-electron chi connectivity index (χ1n) is 9.49. The van der Waals surface area contributed by atoms with Crippen molar-refractivity contribution in [2.75, 3.05) is 19.6 Å². The van der Waals surface area contributed by atoms with E-state index in [-0.39, 0.29) is 24.3 Å². The van der Waals surface area contributed by atoms with Gasteiger partial charge in [0.25, 0.3) is 0 Å². The van der Waals surface area contributed by atoms with Gasteiger partial charge in [-0.1, -0.05) is 30.3 Å². The molecule has 0 spiro atoms. The average Bonchev–Trinajstić information content (AvgIpc) is 3.09. The van der Waals surface area contributed by atoms with Gasteiger partial charge in [0.05, 0.1) is 0 Å². The van der Waals surface area contributed by atoms with Gasteiger partial charge in [-0.25, -0.2) is 4.79 Å². The van der Waals surface area contributed by atoms with Gasteiger partial charge in [-0.15, -0.1) is 0 Å². The summed E-state index contributed by atoms with van der Waals surface area (Å²) in [6.07, 6.45) is 2.08. The van der Waals surface area contributed by atoms with E-state index < -0.39 is 11.6 Å². The Morgan fingerprint density at radius 1 is 1.15 bits per heavy atom. The molecule has 7 heteroatoms. The number of nitrogens with two attached hydrogens (primary N) is 1. The lowest BCUT2D eigenvalue weighted by atomic mass is 9.92. The van der Waals surface area contributed by atoms with E-state index in [9.17, 15) is 14.4 Å². The minimum atomic E-state index is -0.896. The van der Waals surface area contributed by atoms with Crippen molar-refractivity contribution in [1.82, 2.24) is 9.80 Å². The zero-order valence-corrected chi connectivity index (χ0v) is 15.7. The van der Waals surface area contributed by atoms with Crippen LogP contribution < -0.4 is 5.73 Å². The minimum Gasteiger partial charge on any atom is -0.445 e. The summed E-state index contributed by atoms with van der Waals surface area (Å²) < 4.78 is 5.45. The van der Waals surface area contributed by atoms with Gasteiger partial charge in [-0.3, -0.25) is 14.5 Å². The summed E-state index contributed by atoms with van der Waals surface area (Å²) in [5.74, 6) is -0.544. The van der Waals surface area contributed by atoms with Gasteiger partial charge in [0, 0.05) is 25.6 Å². The molecule has 0 aliphatic carbocycles. The standard InChI is InChI=1S/C20H27N3O4/c1-20(18(25)22-12-8-16(9-13-22)17(21)24)10-5-11-23(20)19(26)27-14-15-6-3-2-4-7-15/h2-4,6-7,16H,5,8-14H2,1H3,(H2,21,24). The van der Waals surface area contributed by atoms with Crippen molar-refractivity contribution in [3.63, 3.8) is 0 Å². The molecule has 2 heterocycles. The van der Waals surface area contributed by atoms with Gasteiger partial charge < -0.3 is 15.4 Å². The second kappa shape index (κ2) is 7.98. The highest BCUT2D eigenvalue weighted by atomic mass is 16.6. The molecular formula is C20H27N3O4. The van der Waals surface area contributed by atoms with Crippen LogP contribution in [0.5, 0.6) is 0 Å². The SMILES string of the molecule is CC1(C(=O)N2CCC(C(N)=O)CC2)CCCN1C(=O)OCc1ccccc1. The Labute approximate surface area is 159 Å². The van der Waals surface area contributed by atoms with Crippen molar-refractivity contribution in [3.05, 3.63) is 35.9 Å². The molecule has 2 aliphatic heterocycles. The Hall–Kier alpha value is -2.57. The largest absolute Gasteiger partial charge is 0.445 e. The number of rotatable bonds is 4. The van der Waals surface area contributed by atoms with Crippen molar-refractivity contribution in [2.45, 2.75) is 44.8 Å². The molecule has 27 heavy (non-hydrogen) atoms. The summed E-state index contributed by atoms with van der Waals surface area (Å²) >= 11 is 0. The molecule has 7 nitrogen and oxygen atoms in total. The number of carbonyl (C=O) groups excluding carboxylic acids is 3. The first-order valence-corrected chi connectivity index (χ1v) is 9.49. The Kier molecular flexibility index (Phi) is 5.68. The number of ether oxygens (including phenoxy) is 1. The summed E-state index contributed by atoms with van der Waals surface area (Å²) in [6, 6.07) is 9.47. The highest BCUT2D eigenvalue weighted by molar-refractivity contribution is 5.90. The molecule has 2 aliphatic rings. The van der Waals surface area contributed by atoms with Crippen LogP contribution in [-0.4, -0.2) is 52.9 Å². The monoisotopic (exact) mass is 373 g/mol. The lowest BCUT2D eigenvalue weighted by Gasteiger charge is -2.40. The first-order chi connectivity index (χ1) is 12.9. The van der Waals surface area contributed by atoms with Gasteiger partial charge in [0.15, 0.2) is 0 Å². The Bertz CT molecular complexity index is 700. The number of amides is 3. The molecular weight excluding hydrogens is 346 g/mol. The molecule has 1 atom stereocenters. The number of nitrogens with zero attached hydrogens (tertiary/aromatic N) is 2. The normalized spacial score (nSPS) is 23.3. The third kappa shape index (κ3) is 4.07. The number of hydrogen-bond donors (Lipinski definition) is 1. The van der Waals surface area contributed by atoms with Crippen LogP contribution in [-0.2, 0) is 20.9 Å². The summed E-state index contributed by atoms with van der Waals surface area (Å²) in [6.45, 7) is 3.49. The van der Waals surface area contributed by atoms with E-state index in [1.165, 1.54) is 0 Å². The number of likely N-dealkylation sites (tertiary alicyclic amines) is 2. The van der Waals surface area contributed by atoms with E-state index >= 15 is 0 Å². The van der Waals surface area contributed by atoms with Gasteiger partial charge >= 0.3 is 6.09 Å². The van der Waals surface area contributed by atoms with Crippen LogP contribution in [0, 0.1) is 5.92 Å². The maximum atomic E-state index is 13.1. The molecule has 146 valence electrons. The average molecular weight is 373 g/mol. The Balaban J connectivity index is 1.62. The highest BCUT2D eigenvalue weighted by Crippen LogP contribution is 2.33. The summed E-state index contributed by atoms with van der Waals surface area (Å²) in [5.41, 5.74) is 5.38. The number of carbonyl (C=O) groups is 3. The van der Waals surface area contributed by atoms with Gasteiger partial charge in [-0.2, -0.15) is 0 Å². The minimum absolute atomic E-state index is 0.0698. The van der Waals surface area contributed by atoms with Crippen molar-refractivity contribution in [3.8, 4) is 0 Å². The van der Waals surface area contributed by atoms with E-state index in [4.69, 9.17) is 10.5 Å². The summed E-state index contributed by atoms with van der Waals surface area (Å²) in [4.78, 5) is 40.4. The van der Waals surface area contributed by atoms with Crippen molar-refractivity contribution in [1.29, 1.82) is 0 Å². The van der Waals surface area contributed by atoms with E-state index in [2.05, 4.69) is 0 Å². The summed E-state index contributed by atoms with van der Waals surface area (Å²) in [5, 5.41) is 0. The zero-order valence-electron chi connectivity index (χ0n) is 15.7. The third-order valence-corrected chi connectivity index (χ3v) is 5.71. The topological polar surface area (TPSA) is 92.9 Å². The maximum Gasteiger partial charge on any atom is 0.410 e. The molecule has 1 aromatic carbocycles. The molecule has 3 rings (SSSR count). The zero-order chi connectivity index (χ0) is 19.4. The Morgan fingerprint density at radius 3 is 2.44 bits per heavy atom. The fraction of sp³-hybridized carbons (Fsp3) is 0.550. The summed E-state index contributed by atoms with van der Waals surface area (Å²) in [7, 11) is 0. The molecule has 0 saturated carbocycles. The number of hydrogen-bond acceptors (Lipinski definition) is 4. The molecule has 2 saturated heterocycles. The van der Waals surface area contributed by atoms with Crippen LogP contribution in [0.25, 0.3) is 0 Å². The molecule has 1 unspecified atom stereocenters. The van der Waals surface area contributed by atoms with Gasteiger partial charge in [-0.05, 0) is 38.2 Å². The molecule has 1 aromatic rings. The number of piperidine rings is 1. The molecule has 0 bridgehead atoms. The van der Waals surface area contributed by atoms with E-state index in [1.807, 2.05) is 37.3 Å². The molecule has 2 N–H and O–H groups in total. The van der Waals surface area contributed by atoms with Gasteiger partial charge in [0.1, 0.15) is 12.1 Å². The predicted octanol–water partition coefficient (Wildman–Crippen LogP) is 1.90. The lowest BCUT2D eigenvalue weighted by Crippen LogP contribution is -2.58. The van der Waals surface area contributed by atoms with Crippen LogP contribution in [0.15, 0.2) is 30.3 Å². The second-order valence-corrected chi connectivity index (χ2v) is 7.54. The lowest BCUT2D eigenvalue weighted by molar-refractivity contribution is -0.144. The van der Waals surface area contributed by atoms with E-state index in [0.717, 1.165) is 12.0 Å². The highest BCUT2D eigenvalue weighted by Gasteiger charge is 2.48. The van der Waals surface area contributed by atoms with Crippen LogP contribution in [0.2, 0.25) is 0 Å². The quantitative estimate of drug-likeness (QED) is 0.872. The predicted molar refractivity (Wildman–Crippen MR) is 99.5 cm³/mol. The van der Waals surface area contributed by atoms with Crippen LogP contribution >= 0.6 is 0 Å². The number of benzene rings is 1. The maximum absolute atomic E-state index is 13.1.